The Kier molecular flexibility index (Phi) is 3.86. The number of nitrogens with zero attached hydrogens (tertiary/aromatic N) is 3. The standard InChI is InChI=1S/C21H21FN4O2/c1-11-5-15(21(24-9-11)28-13-3-4-13)17-6-12-7-19(23-10-18(12)26(17)2)25-20(27)14-8-16(14)22/h5-7,9-10,13-14,16H,3-4,8H2,1-2H3,(H,23,25,27)/t14-,16+/m1/s1. The first-order valence-corrected chi connectivity index (χ1v) is 9.53. The molecule has 2 saturated carbocycles. The zero-order valence-electron chi connectivity index (χ0n) is 15.8. The van der Waals surface area contributed by atoms with Gasteiger partial charge in [-0.2, -0.15) is 0 Å². The maximum atomic E-state index is 13.1. The normalized spacial score (nSPS) is 21.0. The van der Waals surface area contributed by atoms with Gasteiger partial charge in [0, 0.05) is 18.6 Å². The van der Waals surface area contributed by atoms with Crippen molar-refractivity contribution in [1.29, 1.82) is 0 Å². The van der Waals surface area contributed by atoms with Gasteiger partial charge in [0.1, 0.15) is 18.1 Å². The Hall–Kier alpha value is -2.96. The third-order valence-corrected chi connectivity index (χ3v) is 5.30. The molecule has 2 fully saturated rings. The molecule has 7 heteroatoms. The molecule has 0 saturated heterocycles. The van der Waals surface area contributed by atoms with Gasteiger partial charge in [-0.15, -0.1) is 0 Å². The third kappa shape index (κ3) is 3.10. The van der Waals surface area contributed by atoms with E-state index in [2.05, 4.69) is 21.4 Å². The number of amides is 1. The molecule has 2 aliphatic rings. The lowest BCUT2D eigenvalue weighted by Crippen LogP contribution is -2.15. The lowest BCUT2D eigenvalue weighted by Gasteiger charge is -2.11. The first-order chi connectivity index (χ1) is 13.5. The van der Waals surface area contributed by atoms with Gasteiger partial charge in [0.2, 0.25) is 11.8 Å². The highest BCUT2D eigenvalue weighted by Gasteiger charge is 2.43. The Morgan fingerprint density at radius 3 is 2.75 bits per heavy atom. The van der Waals surface area contributed by atoms with Crippen LogP contribution in [-0.4, -0.2) is 32.7 Å². The van der Waals surface area contributed by atoms with E-state index in [-0.39, 0.29) is 12.0 Å². The lowest BCUT2D eigenvalue weighted by molar-refractivity contribution is -0.117. The summed E-state index contributed by atoms with van der Waals surface area (Å²) in [6.45, 7) is 2.01. The summed E-state index contributed by atoms with van der Waals surface area (Å²) >= 11 is 0. The molecule has 3 aromatic rings. The summed E-state index contributed by atoms with van der Waals surface area (Å²) in [5.74, 6) is 0.233. The Bertz CT molecular complexity index is 1090. The van der Waals surface area contributed by atoms with Crippen LogP contribution < -0.4 is 10.1 Å². The second-order valence-corrected chi connectivity index (χ2v) is 7.75. The van der Waals surface area contributed by atoms with E-state index in [9.17, 15) is 9.18 Å². The maximum absolute atomic E-state index is 13.1. The highest BCUT2D eigenvalue weighted by Crippen LogP contribution is 2.37. The fourth-order valence-electron chi connectivity index (χ4n) is 3.39. The summed E-state index contributed by atoms with van der Waals surface area (Å²) in [5.41, 5.74) is 3.90. The molecular weight excluding hydrogens is 359 g/mol. The number of aryl methyl sites for hydroxylation is 2. The number of halogens is 1. The van der Waals surface area contributed by atoms with Gasteiger partial charge in [0.25, 0.3) is 0 Å². The summed E-state index contributed by atoms with van der Waals surface area (Å²) in [5, 5.41) is 3.65. The zero-order valence-corrected chi connectivity index (χ0v) is 15.8. The van der Waals surface area contributed by atoms with Crippen molar-refractivity contribution < 1.29 is 13.9 Å². The van der Waals surface area contributed by atoms with Crippen molar-refractivity contribution in [3.8, 4) is 17.1 Å². The molecule has 3 heterocycles. The van der Waals surface area contributed by atoms with Crippen molar-refractivity contribution in [3.63, 3.8) is 0 Å². The number of carbonyl (C=O) groups is 1. The molecule has 1 amide bonds. The molecule has 0 unspecified atom stereocenters. The number of hydrogen-bond acceptors (Lipinski definition) is 4. The molecule has 0 aromatic carbocycles. The van der Waals surface area contributed by atoms with Crippen molar-refractivity contribution in [3.05, 3.63) is 36.2 Å². The van der Waals surface area contributed by atoms with Crippen LogP contribution in [0.2, 0.25) is 0 Å². The van der Waals surface area contributed by atoms with Gasteiger partial charge < -0.3 is 14.6 Å². The van der Waals surface area contributed by atoms with Crippen LogP contribution in [0.1, 0.15) is 24.8 Å². The van der Waals surface area contributed by atoms with E-state index in [1.54, 1.807) is 6.20 Å². The van der Waals surface area contributed by atoms with E-state index in [4.69, 9.17) is 4.74 Å². The summed E-state index contributed by atoms with van der Waals surface area (Å²) in [6.07, 6.45) is 5.21. The molecule has 0 spiro atoms. The van der Waals surface area contributed by atoms with E-state index in [1.807, 2.05) is 36.9 Å². The zero-order chi connectivity index (χ0) is 19.4. The molecular formula is C21H21FN4O2. The molecule has 2 aliphatic carbocycles. The van der Waals surface area contributed by atoms with E-state index in [0.29, 0.717) is 18.1 Å². The molecule has 144 valence electrons. The molecule has 5 rings (SSSR count). The fraction of sp³-hybridized carbons (Fsp3) is 0.381. The Balaban J connectivity index is 1.51. The molecule has 28 heavy (non-hydrogen) atoms. The van der Waals surface area contributed by atoms with Gasteiger partial charge in [0.15, 0.2) is 0 Å². The monoisotopic (exact) mass is 380 g/mol. The summed E-state index contributed by atoms with van der Waals surface area (Å²) in [6, 6.07) is 5.93. The SMILES string of the molecule is Cc1cnc(OC2CC2)c(-c2cc3cc(NC(=O)[C@@H]4C[C@@H]4F)ncc3n2C)c1. The molecule has 6 nitrogen and oxygen atoms in total. The number of rotatable bonds is 5. The fourth-order valence-corrected chi connectivity index (χ4v) is 3.39. The topological polar surface area (TPSA) is 69.0 Å². The van der Waals surface area contributed by atoms with Crippen LogP contribution in [0.25, 0.3) is 22.2 Å². The van der Waals surface area contributed by atoms with Crippen LogP contribution in [0, 0.1) is 12.8 Å². The highest BCUT2D eigenvalue weighted by molar-refractivity contribution is 5.96. The minimum atomic E-state index is -1.02. The van der Waals surface area contributed by atoms with Crippen molar-refractivity contribution in [2.24, 2.45) is 13.0 Å². The molecule has 1 N–H and O–H groups in total. The van der Waals surface area contributed by atoms with Crippen LogP contribution in [0.3, 0.4) is 0 Å². The second-order valence-electron chi connectivity index (χ2n) is 7.75. The predicted molar refractivity (Wildman–Crippen MR) is 104 cm³/mol. The van der Waals surface area contributed by atoms with Gasteiger partial charge in [-0.05, 0) is 49.9 Å². The quantitative estimate of drug-likeness (QED) is 0.731. The second kappa shape index (κ2) is 6.29. The number of carbonyl (C=O) groups excluding carboxylic acids is 1. The molecule has 2 atom stereocenters. The largest absolute Gasteiger partial charge is 0.474 e. The van der Waals surface area contributed by atoms with Crippen molar-refractivity contribution in [1.82, 2.24) is 14.5 Å². The van der Waals surface area contributed by atoms with Gasteiger partial charge in [-0.3, -0.25) is 4.79 Å². The Labute approximate surface area is 161 Å². The van der Waals surface area contributed by atoms with Crippen LogP contribution in [0.4, 0.5) is 10.2 Å². The minimum absolute atomic E-state index is 0.258. The van der Waals surface area contributed by atoms with Crippen molar-refractivity contribution >= 4 is 22.6 Å². The number of ether oxygens (including phenoxy) is 1. The number of pyridine rings is 2. The number of nitrogens with one attached hydrogen (secondary N) is 1. The first-order valence-electron chi connectivity index (χ1n) is 9.53. The van der Waals surface area contributed by atoms with Crippen LogP contribution in [0.15, 0.2) is 30.6 Å². The van der Waals surface area contributed by atoms with Crippen molar-refractivity contribution in [2.75, 3.05) is 5.32 Å². The van der Waals surface area contributed by atoms with Crippen LogP contribution in [-0.2, 0) is 11.8 Å². The summed E-state index contributed by atoms with van der Waals surface area (Å²) in [4.78, 5) is 20.8. The molecule has 0 bridgehead atoms. The van der Waals surface area contributed by atoms with Crippen LogP contribution >= 0.6 is 0 Å². The van der Waals surface area contributed by atoms with Gasteiger partial charge in [0.05, 0.1) is 28.9 Å². The molecule has 0 radical (unpaired) electrons. The van der Waals surface area contributed by atoms with E-state index in [0.717, 1.165) is 40.6 Å². The Morgan fingerprint density at radius 1 is 1.25 bits per heavy atom. The van der Waals surface area contributed by atoms with Gasteiger partial charge in [-0.25, -0.2) is 14.4 Å². The average molecular weight is 380 g/mol. The Morgan fingerprint density at radius 2 is 2.04 bits per heavy atom. The average Bonchev–Trinajstić information content (AvgIpc) is 3.58. The van der Waals surface area contributed by atoms with Crippen molar-refractivity contribution in [2.45, 2.75) is 38.5 Å². The van der Waals surface area contributed by atoms with Gasteiger partial charge in [-0.1, -0.05) is 0 Å². The molecule has 3 aromatic heterocycles. The van der Waals surface area contributed by atoms with E-state index < -0.39 is 12.1 Å². The van der Waals surface area contributed by atoms with Crippen LogP contribution in [0.5, 0.6) is 5.88 Å². The third-order valence-electron chi connectivity index (χ3n) is 5.30. The maximum Gasteiger partial charge on any atom is 0.231 e. The minimum Gasteiger partial charge on any atom is -0.474 e. The number of aromatic nitrogens is 3. The summed E-state index contributed by atoms with van der Waals surface area (Å²) < 4.78 is 21.1. The number of hydrogen-bond donors (Lipinski definition) is 1. The van der Waals surface area contributed by atoms with E-state index in [1.165, 1.54) is 0 Å². The lowest BCUT2D eigenvalue weighted by atomic mass is 10.1. The first kappa shape index (κ1) is 17.2. The van der Waals surface area contributed by atoms with E-state index >= 15 is 0 Å². The smallest absolute Gasteiger partial charge is 0.231 e. The highest BCUT2D eigenvalue weighted by atomic mass is 19.1. The number of fused-ring (bicyclic) bond motifs is 1. The number of anilines is 1. The summed E-state index contributed by atoms with van der Waals surface area (Å²) in [7, 11) is 1.97. The number of alkyl halides is 1. The molecule has 0 aliphatic heterocycles. The predicted octanol–water partition coefficient (Wildman–Crippen LogP) is 3.78. The van der Waals surface area contributed by atoms with Gasteiger partial charge >= 0.3 is 0 Å².